The van der Waals surface area contributed by atoms with E-state index >= 15 is 0 Å². The number of methoxy groups -OCH3 is 2. The summed E-state index contributed by atoms with van der Waals surface area (Å²) in [7, 11) is 3.04. The molecule has 0 spiro atoms. The summed E-state index contributed by atoms with van der Waals surface area (Å²) in [6, 6.07) is 8.32. The van der Waals surface area contributed by atoms with Gasteiger partial charge >= 0.3 is 5.97 Å². The second-order valence-corrected chi connectivity index (χ2v) is 10.4. The molecule has 0 bridgehead atoms. The van der Waals surface area contributed by atoms with Crippen molar-refractivity contribution in [1.82, 2.24) is 0 Å². The number of ether oxygens (including phenoxy) is 3. The summed E-state index contributed by atoms with van der Waals surface area (Å²) >= 11 is 0. The molecule has 0 saturated carbocycles. The van der Waals surface area contributed by atoms with Crippen LogP contribution in [0.4, 0.5) is 0 Å². The summed E-state index contributed by atoms with van der Waals surface area (Å²) in [6.07, 6.45) is 19.4. The Balaban J connectivity index is 1.41. The van der Waals surface area contributed by atoms with Crippen molar-refractivity contribution < 1.29 is 23.4 Å². The van der Waals surface area contributed by atoms with Crippen LogP contribution in [0.25, 0.3) is 21.9 Å². The van der Waals surface area contributed by atoms with E-state index in [1.54, 1.807) is 30.3 Å². The van der Waals surface area contributed by atoms with Crippen molar-refractivity contribution in [3.63, 3.8) is 0 Å². The molecule has 0 radical (unpaired) electrons. The van der Waals surface area contributed by atoms with Crippen LogP contribution in [0.2, 0.25) is 0 Å². The lowest BCUT2D eigenvalue weighted by molar-refractivity contribution is -0.134. The van der Waals surface area contributed by atoms with Gasteiger partial charge in [0.05, 0.1) is 19.6 Å². The van der Waals surface area contributed by atoms with Gasteiger partial charge < -0.3 is 18.6 Å². The second kappa shape index (κ2) is 16.8. The maximum atomic E-state index is 13.3. The molecular weight excluding hydrogens is 492 g/mol. The molecule has 0 aliphatic rings. The van der Waals surface area contributed by atoms with Gasteiger partial charge in [-0.25, -0.2) is 0 Å². The highest BCUT2D eigenvalue weighted by atomic mass is 16.5. The summed E-state index contributed by atoms with van der Waals surface area (Å²) in [5.41, 5.74) is 0.356. The number of para-hydroxylation sites is 1. The number of esters is 1. The fraction of sp³-hybridized carbons (Fsp3) is 0.576. The van der Waals surface area contributed by atoms with Crippen molar-refractivity contribution in [2.45, 2.75) is 110 Å². The molecule has 0 saturated heterocycles. The zero-order valence-electron chi connectivity index (χ0n) is 24.1. The first-order valence-corrected chi connectivity index (χ1v) is 14.9. The predicted octanol–water partition coefficient (Wildman–Crippen LogP) is 9.13. The lowest BCUT2D eigenvalue weighted by Crippen LogP contribution is -2.11. The molecule has 39 heavy (non-hydrogen) atoms. The standard InChI is InChI=1S/C33H46O6/c1-4-5-6-7-8-9-10-11-12-13-14-15-16-17-18-22-30(34)38-28-23-25(36-2)24-29-31(28)32(35)26-20-19-21-27(37-3)33(26)39-29/h19-21,23-24H,4-18,22H2,1-3H3. The van der Waals surface area contributed by atoms with E-state index in [0.29, 0.717) is 28.9 Å². The SMILES string of the molecule is CCCCCCCCCCCCCCCCCC(=O)Oc1cc(OC)cc2oc3c(OC)cccc3c(=O)c12. The second-order valence-electron chi connectivity index (χ2n) is 10.4. The third-order valence-corrected chi connectivity index (χ3v) is 7.37. The minimum atomic E-state index is -0.357. The molecule has 0 aliphatic carbocycles. The molecule has 0 unspecified atom stereocenters. The lowest BCUT2D eigenvalue weighted by Gasteiger charge is -2.11. The number of carbonyl (C=O) groups is 1. The van der Waals surface area contributed by atoms with Gasteiger partial charge in [0.25, 0.3) is 0 Å². The van der Waals surface area contributed by atoms with Crippen LogP contribution in [0.1, 0.15) is 110 Å². The van der Waals surface area contributed by atoms with E-state index < -0.39 is 0 Å². The van der Waals surface area contributed by atoms with Crippen LogP contribution in [0.3, 0.4) is 0 Å². The van der Waals surface area contributed by atoms with Crippen LogP contribution in [-0.2, 0) is 4.79 Å². The van der Waals surface area contributed by atoms with Crippen LogP contribution in [0.15, 0.2) is 39.5 Å². The number of hydrogen-bond donors (Lipinski definition) is 0. The Kier molecular flexibility index (Phi) is 13.2. The van der Waals surface area contributed by atoms with Crippen molar-refractivity contribution in [3.8, 4) is 17.2 Å². The highest BCUT2D eigenvalue weighted by molar-refractivity contribution is 5.96. The number of rotatable bonds is 19. The van der Waals surface area contributed by atoms with E-state index in [0.717, 1.165) is 19.3 Å². The van der Waals surface area contributed by atoms with Gasteiger partial charge in [0.15, 0.2) is 11.3 Å². The molecule has 214 valence electrons. The van der Waals surface area contributed by atoms with Gasteiger partial charge in [-0.1, -0.05) is 103 Å². The van der Waals surface area contributed by atoms with Crippen LogP contribution in [-0.4, -0.2) is 20.2 Å². The van der Waals surface area contributed by atoms with Gasteiger partial charge in [0.1, 0.15) is 22.5 Å². The average molecular weight is 539 g/mol. The summed E-state index contributed by atoms with van der Waals surface area (Å²) in [5, 5.41) is 0.591. The van der Waals surface area contributed by atoms with Gasteiger partial charge in [-0.3, -0.25) is 9.59 Å². The Morgan fingerprint density at radius 3 is 1.90 bits per heavy atom. The van der Waals surface area contributed by atoms with Gasteiger partial charge in [-0.15, -0.1) is 0 Å². The van der Waals surface area contributed by atoms with Crippen LogP contribution >= 0.6 is 0 Å². The Morgan fingerprint density at radius 1 is 0.744 bits per heavy atom. The molecule has 3 rings (SSSR count). The van der Waals surface area contributed by atoms with Crippen molar-refractivity contribution in [1.29, 1.82) is 0 Å². The van der Waals surface area contributed by atoms with E-state index in [4.69, 9.17) is 18.6 Å². The topological polar surface area (TPSA) is 75.0 Å². The van der Waals surface area contributed by atoms with Crippen LogP contribution in [0.5, 0.6) is 17.2 Å². The van der Waals surface area contributed by atoms with Crippen LogP contribution in [0, 0.1) is 0 Å². The maximum Gasteiger partial charge on any atom is 0.311 e. The zero-order chi connectivity index (χ0) is 27.9. The highest BCUT2D eigenvalue weighted by Crippen LogP contribution is 2.34. The lowest BCUT2D eigenvalue weighted by atomic mass is 10.0. The Bertz CT molecular complexity index is 1230. The molecule has 3 aromatic rings. The molecule has 6 nitrogen and oxygen atoms in total. The smallest absolute Gasteiger partial charge is 0.311 e. The largest absolute Gasteiger partial charge is 0.496 e. The van der Waals surface area contributed by atoms with E-state index in [-0.39, 0.29) is 28.1 Å². The van der Waals surface area contributed by atoms with Crippen molar-refractivity contribution in [2.75, 3.05) is 14.2 Å². The van der Waals surface area contributed by atoms with E-state index in [1.165, 1.54) is 91.3 Å². The van der Waals surface area contributed by atoms with Gasteiger partial charge in [0.2, 0.25) is 5.43 Å². The summed E-state index contributed by atoms with van der Waals surface area (Å²) in [4.78, 5) is 26.0. The summed E-state index contributed by atoms with van der Waals surface area (Å²) in [5.74, 6) is 0.703. The monoisotopic (exact) mass is 538 g/mol. The number of unbranched alkanes of at least 4 members (excludes halogenated alkanes) is 14. The molecule has 0 atom stereocenters. The van der Waals surface area contributed by atoms with E-state index in [1.807, 2.05) is 0 Å². The number of benzene rings is 2. The first kappa shape index (κ1) is 30.5. The van der Waals surface area contributed by atoms with E-state index in [2.05, 4.69) is 6.92 Å². The first-order valence-electron chi connectivity index (χ1n) is 14.9. The van der Waals surface area contributed by atoms with Crippen molar-refractivity contribution in [3.05, 3.63) is 40.6 Å². The molecule has 2 aromatic carbocycles. The first-order chi connectivity index (χ1) is 19.1. The number of hydrogen-bond acceptors (Lipinski definition) is 6. The quantitative estimate of drug-likeness (QED) is 0.0655. The summed E-state index contributed by atoms with van der Waals surface area (Å²) < 4.78 is 22.4. The average Bonchev–Trinajstić information content (AvgIpc) is 2.94. The Morgan fingerprint density at radius 2 is 1.33 bits per heavy atom. The number of fused-ring (bicyclic) bond motifs is 2. The van der Waals surface area contributed by atoms with Crippen molar-refractivity contribution in [2.24, 2.45) is 0 Å². The molecular formula is C33H46O6. The zero-order valence-corrected chi connectivity index (χ0v) is 24.1. The Labute approximate surface area is 233 Å². The molecule has 0 aliphatic heterocycles. The van der Waals surface area contributed by atoms with Crippen molar-refractivity contribution >= 4 is 27.9 Å². The molecule has 6 heteroatoms. The molecule has 0 fully saturated rings. The maximum absolute atomic E-state index is 13.3. The van der Waals surface area contributed by atoms with Crippen LogP contribution < -0.4 is 19.6 Å². The van der Waals surface area contributed by atoms with Gasteiger partial charge in [-0.05, 0) is 18.6 Å². The Hall–Kier alpha value is -3.02. The normalized spacial score (nSPS) is 11.3. The third kappa shape index (κ3) is 9.29. The van der Waals surface area contributed by atoms with Gasteiger partial charge in [-0.2, -0.15) is 0 Å². The minimum Gasteiger partial charge on any atom is -0.496 e. The highest BCUT2D eigenvalue weighted by Gasteiger charge is 2.19. The predicted molar refractivity (Wildman–Crippen MR) is 158 cm³/mol. The molecule has 0 N–H and O–H groups in total. The fourth-order valence-electron chi connectivity index (χ4n) is 5.09. The number of carbonyl (C=O) groups excluding carboxylic acids is 1. The molecule has 0 amide bonds. The third-order valence-electron chi connectivity index (χ3n) is 7.37. The summed E-state index contributed by atoms with van der Waals surface area (Å²) in [6.45, 7) is 2.26. The fourth-order valence-corrected chi connectivity index (χ4v) is 5.09. The van der Waals surface area contributed by atoms with Gasteiger partial charge in [0, 0.05) is 18.6 Å². The molecule has 1 heterocycles. The molecule has 1 aromatic heterocycles. The van der Waals surface area contributed by atoms with E-state index in [9.17, 15) is 9.59 Å². The minimum absolute atomic E-state index is 0.161.